The molecule has 0 aromatic heterocycles. The molecule has 124 valence electrons. The van der Waals surface area contributed by atoms with Gasteiger partial charge in [0.05, 0.1) is 5.56 Å². The Kier molecular flexibility index (Phi) is 3.65. The number of hydrogen-bond donors (Lipinski definition) is 0. The fourth-order valence-corrected chi connectivity index (χ4v) is 3.97. The van der Waals surface area contributed by atoms with Crippen LogP contribution in [0.25, 0.3) is 10.8 Å². The topological polar surface area (TPSA) is 40.6 Å². The number of likely N-dealkylation sites (N-methyl/N-ethyl adjacent to an activating group) is 1. The Labute approximate surface area is 142 Å². The van der Waals surface area contributed by atoms with Crippen LogP contribution in [-0.2, 0) is 12.8 Å². The van der Waals surface area contributed by atoms with Gasteiger partial charge >= 0.3 is 0 Å². The van der Waals surface area contributed by atoms with Gasteiger partial charge in [-0.05, 0) is 62.4 Å². The van der Waals surface area contributed by atoms with Gasteiger partial charge in [0.1, 0.15) is 0 Å². The highest BCUT2D eigenvalue weighted by molar-refractivity contribution is 6.26. The third-order valence-corrected chi connectivity index (χ3v) is 5.19. The molecule has 0 radical (unpaired) electrons. The molecule has 1 heterocycles. The van der Waals surface area contributed by atoms with Crippen molar-refractivity contribution >= 4 is 22.6 Å². The van der Waals surface area contributed by atoms with Crippen molar-refractivity contribution in [2.24, 2.45) is 0 Å². The lowest BCUT2D eigenvalue weighted by molar-refractivity contribution is 0.0600. The van der Waals surface area contributed by atoms with Gasteiger partial charge in [-0.1, -0.05) is 18.2 Å². The highest BCUT2D eigenvalue weighted by Gasteiger charge is 2.35. The minimum Gasteiger partial charge on any atom is -0.308 e. The molecule has 0 spiro atoms. The van der Waals surface area contributed by atoms with Crippen molar-refractivity contribution in [2.45, 2.75) is 25.7 Å². The Morgan fingerprint density at radius 3 is 2.67 bits per heavy atom. The van der Waals surface area contributed by atoms with E-state index < -0.39 is 0 Å². The molecule has 1 aliphatic carbocycles. The van der Waals surface area contributed by atoms with Crippen LogP contribution in [0.3, 0.4) is 0 Å². The van der Waals surface area contributed by atoms with E-state index in [0.29, 0.717) is 18.7 Å². The van der Waals surface area contributed by atoms with Crippen molar-refractivity contribution in [3.63, 3.8) is 0 Å². The minimum absolute atomic E-state index is 0.107. The molecule has 0 fully saturated rings. The van der Waals surface area contributed by atoms with Crippen molar-refractivity contribution in [3.05, 3.63) is 46.5 Å². The fourth-order valence-electron chi connectivity index (χ4n) is 3.97. The van der Waals surface area contributed by atoms with Crippen molar-refractivity contribution in [2.75, 3.05) is 27.2 Å². The number of amides is 2. The molecule has 1 aliphatic heterocycles. The Morgan fingerprint density at radius 2 is 1.88 bits per heavy atom. The molecule has 4 heteroatoms. The van der Waals surface area contributed by atoms with Crippen LogP contribution in [0.5, 0.6) is 0 Å². The van der Waals surface area contributed by atoms with Gasteiger partial charge in [-0.3, -0.25) is 14.5 Å². The third kappa shape index (κ3) is 2.25. The van der Waals surface area contributed by atoms with E-state index in [9.17, 15) is 9.59 Å². The van der Waals surface area contributed by atoms with Gasteiger partial charge in [0.15, 0.2) is 0 Å². The van der Waals surface area contributed by atoms with Crippen molar-refractivity contribution in [1.29, 1.82) is 0 Å². The second-order valence-corrected chi connectivity index (χ2v) is 7.07. The largest absolute Gasteiger partial charge is 0.308 e. The van der Waals surface area contributed by atoms with E-state index in [4.69, 9.17) is 0 Å². The van der Waals surface area contributed by atoms with E-state index in [0.717, 1.165) is 35.6 Å². The van der Waals surface area contributed by atoms with Crippen LogP contribution in [-0.4, -0.2) is 48.8 Å². The maximum atomic E-state index is 13.2. The number of imide groups is 1. The van der Waals surface area contributed by atoms with Crippen molar-refractivity contribution in [1.82, 2.24) is 9.80 Å². The van der Waals surface area contributed by atoms with Gasteiger partial charge in [0, 0.05) is 24.0 Å². The van der Waals surface area contributed by atoms with Crippen LogP contribution in [0.2, 0.25) is 0 Å². The maximum absolute atomic E-state index is 13.2. The summed E-state index contributed by atoms with van der Waals surface area (Å²) in [4.78, 5) is 29.5. The van der Waals surface area contributed by atoms with Crippen LogP contribution < -0.4 is 0 Å². The fraction of sp³-hybridized carbons (Fsp3) is 0.400. The van der Waals surface area contributed by atoms with Gasteiger partial charge in [-0.15, -0.1) is 0 Å². The van der Waals surface area contributed by atoms with E-state index in [-0.39, 0.29) is 11.8 Å². The highest BCUT2D eigenvalue weighted by atomic mass is 16.2. The SMILES string of the molecule is CN(C)CCN1C(=O)c2cccc3cc4c(c(c23)C1=O)CCCC4. The molecule has 4 nitrogen and oxygen atoms in total. The maximum Gasteiger partial charge on any atom is 0.261 e. The molecule has 2 aromatic carbocycles. The molecule has 2 aliphatic rings. The molecule has 0 atom stereocenters. The molecule has 0 saturated heterocycles. The molecule has 2 amide bonds. The average Bonchev–Trinajstić information content (AvgIpc) is 2.57. The number of aryl methyl sites for hydroxylation is 1. The number of hydrogen-bond acceptors (Lipinski definition) is 3. The summed E-state index contributed by atoms with van der Waals surface area (Å²) in [5.74, 6) is -0.264. The first-order valence-corrected chi connectivity index (χ1v) is 8.66. The van der Waals surface area contributed by atoms with Crippen LogP contribution in [0.1, 0.15) is 44.7 Å². The molecule has 0 bridgehead atoms. The normalized spacial score (nSPS) is 16.9. The molecule has 2 aromatic rings. The molecule has 0 N–H and O–H groups in total. The lowest BCUT2D eigenvalue weighted by atomic mass is 9.82. The zero-order valence-corrected chi connectivity index (χ0v) is 14.3. The summed E-state index contributed by atoms with van der Waals surface area (Å²) in [6.45, 7) is 1.11. The summed E-state index contributed by atoms with van der Waals surface area (Å²) in [5.41, 5.74) is 3.93. The van der Waals surface area contributed by atoms with Crippen molar-refractivity contribution < 1.29 is 9.59 Å². The zero-order chi connectivity index (χ0) is 16.8. The Morgan fingerprint density at radius 1 is 1.08 bits per heavy atom. The summed E-state index contributed by atoms with van der Waals surface area (Å²) in [6, 6.07) is 7.99. The molecule has 0 unspecified atom stereocenters. The number of fused-ring (bicyclic) bond motifs is 2. The lowest BCUT2D eigenvalue weighted by Crippen LogP contribution is -2.44. The van der Waals surface area contributed by atoms with E-state index >= 15 is 0 Å². The van der Waals surface area contributed by atoms with Gasteiger partial charge in [0.25, 0.3) is 11.8 Å². The van der Waals surface area contributed by atoms with Gasteiger partial charge in [0.2, 0.25) is 0 Å². The van der Waals surface area contributed by atoms with Crippen molar-refractivity contribution in [3.8, 4) is 0 Å². The standard InChI is InChI=1S/C20H22N2O2/c1-21(2)10-11-22-19(23)16-9-5-7-14-12-13-6-3-4-8-15(13)18(17(14)16)20(22)24/h5,7,9,12H,3-4,6,8,10-11H2,1-2H3. The third-order valence-electron chi connectivity index (χ3n) is 5.19. The molecular weight excluding hydrogens is 300 g/mol. The first-order valence-electron chi connectivity index (χ1n) is 8.66. The summed E-state index contributed by atoms with van der Waals surface area (Å²) in [7, 11) is 3.91. The summed E-state index contributed by atoms with van der Waals surface area (Å²) in [6.07, 6.45) is 4.26. The van der Waals surface area contributed by atoms with E-state index in [1.54, 1.807) is 0 Å². The van der Waals surface area contributed by atoms with Crippen LogP contribution in [0, 0.1) is 0 Å². The lowest BCUT2D eigenvalue weighted by Gasteiger charge is -2.31. The van der Waals surface area contributed by atoms with Crippen LogP contribution in [0.15, 0.2) is 24.3 Å². The highest BCUT2D eigenvalue weighted by Crippen LogP contribution is 2.37. The predicted octanol–water partition coefficient (Wildman–Crippen LogP) is 2.88. The number of carbonyl (C=O) groups is 2. The Balaban J connectivity index is 1.93. The second kappa shape index (κ2) is 5.71. The molecular formula is C20H22N2O2. The summed E-state index contributed by atoms with van der Waals surface area (Å²) in [5, 5.41) is 1.89. The first kappa shape index (κ1) is 15.3. The van der Waals surface area contributed by atoms with E-state index in [1.165, 1.54) is 22.4 Å². The molecule has 0 saturated carbocycles. The van der Waals surface area contributed by atoms with Crippen LogP contribution in [0.4, 0.5) is 0 Å². The summed E-state index contributed by atoms with van der Waals surface area (Å²) >= 11 is 0. The Bertz CT molecular complexity index is 854. The number of benzene rings is 2. The zero-order valence-electron chi connectivity index (χ0n) is 14.3. The van der Waals surface area contributed by atoms with E-state index in [1.807, 2.05) is 37.2 Å². The molecule has 4 rings (SSSR count). The molecule has 24 heavy (non-hydrogen) atoms. The number of nitrogens with zero attached hydrogens (tertiary/aromatic N) is 2. The Hall–Kier alpha value is -2.20. The number of carbonyl (C=O) groups excluding carboxylic acids is 2. The predicted molar refractivity (Wildman–Crippen MR) is 94.5 cm³/mol. The van der Waals surface area contributed by atoms with Gasteiger partial charge in [-0.2, -0.15) is 0 Å². The van der Waals surface area contributed by atoms with Gasteiger partial charge < -0.3 is 4.90 Å². The van der Waals surface area contributed by atoms with E-state index in [2.05, 4.69) is 6.07 Å². The second-order valence-electron chi connectivity index (χ2n) is 7.07. The monoisotopic (exact) mass is 322 g/mol. The van der Waals surface area contributed by atoms with Crippen LogP contribution >= 0.6 is 0 Å². The number of rotatable bonds is 3. The minimum atomic E-state index is -0.157. The summed E-state index contributed by atoms with van der Waals surface area (Å²) < 4.78 is 0. The van der Waals surface area contributed by atoms with Gasteiger partial charge in [-0.25, -0.2) is 0 Å². The average molecular weight is 322 g/mol. The quantitative estimate of drug-likeness (QED) is 0.816. The smallest absolute Gasteiger partial charge is 0.261 e. The first-order chi connectivity index (χ1) is 11.6.